The number of rotatable bonds is 2. The fourth-order valence-electron chi connectivity index (χ4n) is 4.04. The number of halogens is 1. The first-order valence-electron chi connectivity index (χ1n) is 9.49. The maximum absolute atomic E-state index is 14.6. The molecule has 29 heavy (non-hydrogen) atoms. The summed E-state index contributed by atoms with van der Waals surface area (Å²) >= 11 is 0. The van der Waals surface area contributed by atoms with Crippen LogP contribution in [-0.4, -0.2) is 38.5 Å². The van der Waals surface area contributed by atoms with Gasteiger partial charge in [-0.05, 0) is 49.7 Å². The van der Waals surface area contributed by atoms with E-state index < -0.39 is 0 Å². The molecule has 5 rings (SSSR count). The van der Waals surface area contributed by atoms with Crippen molar-refractivity contribution in [2.75, 3.05) is 13.6 Å². The lowest BCUT2D eigenvalue weighted by molar-refractivity contribution is 0.308. The first-order valence-corrected chi connectivity index (χ1v) is 9.49. The highest BCUT2D eigenvalue weighted by Gasteiger charge is 2.21. The predicted octanol–water partition coefficient (Wildman–Crippen LogP) is 3.72. The number of hydrogen-bond acceptors (Lipinski definition) is 4. The largest absolute Gasteiger partial charge is 0.300 e. The van der Waals surface area contributed by atoms with Gasteiger partial charge in [0.15, 0.2) is 5.82 Å². The lowest BCUT2D eigenvalue weighted by atomic mass is 9.94. The summed E-state index contributed by atoms with van der Waals surface area (Å²) in [7, 11) is 2.08. The number of nitrogens with zero attached hydrogens (tertiary/aromatic N) is 5. The molecular weight excluding hydrogens is 367 g/mol. The smallest absolute Gasteiger partial charge is 0.182 e. The average molecular weight is 386 g/mol. The number of fused-ring (bicyclic) bond motifs is 2. The van der Waals surface area contributed by atoms with Crippen LogP contribution in [0.1, 0.15) is 22.4 Å². The maximum atomic E-state index is 14.6. The molecule has 0 radical (unpaired) electrons. The zero-order chi connectivity index (χ0) is 20.1. The van der Waals surface area contributed by atoms with Crippen LogP contribution in [0, 0.1) is 24.1 Å². The number of nitriles is 1. The summed E-state index contributed by atoms with van der Waals surface area (Å²) in [4.78, 5) is 2.24. The van der Waals surface area contributed by atoms with E-state index in [2.05, 4.69) is 28.2 Å². The number of aryl methyl sites for hydroxylation is 1. The number of nitrogens with one attached hydrogen (secondary N) is 1. The molecule has 6 nitrogen and oxygen atoms in total. The highest BCUT2D eigenvalue weighted by Crippen LogP contribution is 2.34. The van der Waals surface area contributed by atoms with Crippen LogP contribution >= 0.6 is 0 Å². The van der Waals surface area contributed by atoms with Crippen molar-refractivity contribution in [3.8, 4) is 23.0 Å². The SMILES string of the molecule is Cc1cccc(F)c1-c1cc2c(-n3cc4c(n3)CN(C)CC4)n[nH]c2cc1C#N. The van der Waals surface area contributed by atoms with E-state index in [0.29, 0.717) is 22.5 Å². The van der Waals surface area contributed by atoms with Gasteiger partial charge in [-0.3, -0.25) is 5.10 Å². The molecular formula is C22H19FN6. The van der Waals surface area contributed by atoms with Gasteiger partial charge in [0.2, 0.25) is 0 Å². The van der Waals surface area contributed by atoms with Crippen molar-refractivity contribution in [3.05, 3.63) is 64.7 Å². The van der Waals surface area contributed by atoms with Crippen molar-refractivity contribution in [3.63, 3.8) is 0 Å². The van der Waals surface area contributed by atoms with Gasteiger partial charge in [-0.1, -0.05) is 12.1 Å². The fourth-order valence-corrected chi connectivity index (χ4v) is 4.04. The van der Waals surface area contributed by atoms with Crippen LogP contribution in [0.15, 0.2) is 36.5 Å². The van der Waals surface area contributed by atoms with Gasteiger partial charge >= 0.3 is 0 Å². The quantitative estimate of drug-likeness (QED) is 0.570. The molecule has 0 saturated heterocycles. The van der Waals surface area contributed by atoms with Crippen molar-refractivity contribution in [1.29, 1.82) is 5.26 Å². The second kappa shape index (κ2) is 6.54. The molecule has 0 fully saturated rings. The molecule has 0 atom stereocenters. The second-order valence-corrected chi connectivity index (χ2v) is 7.57. The zero-order valence-corrected chi connectivity index (χ0v) is 16.2. The van der Waals surface area contributed by atoms with E-state index in [9.17, 15) is 9.65 Å². The molecule has 1 aliphatic heterocycles. The van der Waals surface area contributed by atoms with Crippen LogP contribution in [-0.2, 0) is 13.0 Å². The maximum Gasteiger partial charge on any atom is 0.182 e. The first-order chi connectivity index (χ1) is 14.0. The van der Waals surface area contributed by atoms with Gasteiger partial charge in [0, 0.05) is 35.8 Å². The number of aromatic amines is 1. The standard InChI is InChI=1S/C22H19FN6/c1-13-4-3-5-18(23)21(13)16-9-17-19(8-15(16)10-24)25-26-22(17)29-11-14-6-7-28(2)12-20(14)27-29/h3-5,8-9,11H,6-7,12H2,1-2H3,(H,25,26). The molecule has 0 saturated carbocycles. The molecule has 2 aromatic carbocycles. The molecule has 4 aromatic rings. The molecule has 144 valence electrons. The van der Waals surface area contributed by atoms with Gasteiger partial charge in [0.25, 0.3) is 0 Å². The predicted molar refractivity (Wildman–Crippen MR) is 108 cm³/mol. The van der Waals surface area contributed by atoms with E-state index in [1.807, 2.05) is 25.3 Å². The molecule has 7 heteroatoms. The summed E-state index contributed by atoms with van der Waals surface area (Å²) in [6, 6.07) is 10.7. The Morgan fingerprint density at radius 3 is 2.93 bits per heavy atom. The summed E-state index contributed by atoms with van der Waals surface area (Å²) in [6.45, 7) is 3.66. The normalized spacial score (nSPS) is 14.1. The van der Waals surface area contributed by atoms with Crippen LogP contribution in [0.5, 0.6) is 0 Å². The minimum atomic E-state index is -0.344. The van der Waals surface area contributed by atoms with E-state index in [1.165, 1.54) is 11.6 Å². The topological polar surface area (TPSA) is 73.5 Å². The average Bonchev–Trinajstić information content (AvgIpc) is 3.30. The number of hydrogen-bond donors (Lipinski definition) is 1. The summed E-state index contributed by atoms with van der Waals surface area (Å²) in [5.41, 5.74) is 5.19. The van der Waals surface area contributed by atoms with Crippen molar-refractivity contribution in [2.24, 2.45) is 0 Å². The summed E-state index contributed by atoms with van der Waals surface area (Å²) in [6.07, 6.45) is 2.97. The van der Waals surface area contributed by atoms with Gasteiger partial charge in [-0.2, -0.15) is 15.5 Å². The number of benzene rings is 2. The summed E-state index contributed by atoms with van der Waals surface area (Å²) in [5, 5.41) is 22.6. The van der Waals surface area contributed by atoms with Gasteiger partial charge in [0.1, 0.15) is 5.82 Å². The van der Waals surface area contributed by atoms with Crippen LogP contribution < -0.4 is 0 Å². The fraction of sp³-hybridized carbons (Fsp3) is 0.227. The third-order valence-corrected chi connectivity index (χ3v) is 5.57. The minimum absolute atomic E-state index is 0.344. The third kappa shape index (κ3) is 2.80. The summed E-state index contributed by atoms with van der Waals surface area (Å²) in [5.74, 6) is 0.306. The molecule has 0 amide bonds. The molecule has 3 heterocycles. The van der Waals surface area contributed by atoms with Crippen molar-refractivity contribution < 1.29 is 4.39 Å². The molecule has 0 unspecified atom stereocenters. The van der Waals surface area contributed by atoms with E-state index in [4.69, 9.17) is 5.10 Å². The van der Waals surface area contributed by atoms with Crippen LogP contribution in [0.4, 0.5) is 4.39 Å². The Morgan fingerprint density at radius 2 is 2.14 bits per heavy atom. The van der Waals surface area contributed by atoms with Crippen molar-refractivity contribution in [1.82, 2.24) is 24.9 Å². The van der Waals surface area contributed by atoms with Crippen molar-refractivity contribution >= 4 is 10.9 Å². The monoisotopic (exact) mass is 386 g/mol. The van der Waals surface area contributed by atoms with E-state index in [1.54, 1.807) is 16.8 Å². The van der Waals surface area contributed by atoms with Crippen molar-refractivity contribution in [2.45, 2.75) is 19.9 Å². The Bertz CT molecular complexity index is 1270. The third-order valence-electron chi connectivity index (χ3n) is 5.57. The zero-order valence-electron chi connectivity index (χ0n) is 16.2. The molecule has 0 spiro atoms. The Labute approximate surface area is 167 Å². The van der Waals surface area contributed by atoms with E-state index in [0.717, 1.165) is 41.7 Å². The van der Waals surface area contributed by atoms with Gasteiger partial charge in [-0.25, -0.2) is 9.07 Å². The molecule has 0 aliphatic carbocycles. The van der Waals surface area contributed by atoms with E-state index in [-0.39, 0.29) is 5.82 Å². The van der Waals surface area contributed by atoms with Crippen LogP contribution in [0.2, 0.25) is 0 Å². The Kier molecular flexibility index (Phi) is 3.96. The highest BCUT2D eigenvalue weighted by atomic mass is 19.1. The lowest BCUT2D eigenvalue weighted by Crippen LogP contribution is -2.26. The Balaban J connectivity index is 1.71. The number of H-pyrrole nitrogens is 1. The molecule has 1 aliphatic rings. The number of likely N-dealkylation sites (N-methyl/N-ethyl adjacent to an activating group) is 1. The van der Waals surface area contributed by atoms with E-state index >= 15 is 0 Å². The van der Waals surface area contributed by atoms with Crippen LogP contribution in [0.25, 0.3) is 27.8 Å². The van der Waals surface area contributed by atoms with Gasteiger partial charge in [-0.15, -0.1) is 0 Å². The highest BCUT2D eigenvalue weighted by molar-refractivity contribution is 5.93. The van der Waals surface area contributed by atoms with Crippen LogP contribution in [0.3, 0.4) is 0 Å². The molecule has 0 bridgehead atoms. The molecule has 2 aromatic heterocycles. The summed E-state index contributed by atoms with van der Waals surface area (Å²) < 4.78 is 16.4. The van der Waals surface area contributed by atoms with Gasteiger partial charge in [0.05, 0.1) is 22.8 Å². The first kappa shape index (κ1) is 17.6. The Morgan fingerprint density at radius 1 is 1.28 bits per heavy atom. The minimum Gasteiger partial charge on any atom is -0.300 e. The number of aromatic nitrogens is 4. The second-order valence-electron chi connectivity index (χ2n) is 7.57. The molecule has 1 N–H and O–H groups in total. The lowest BCUT2D eigenvalue weighted by Gasteiger charge is -2.20. The Hall–Kier alpha value is -3.50. The van der Waals surface area contributed by atoms with Gasteiger partial charge < -0.3 is 4.90 Å².